The molecule has 0 unspecified atom stereocenters. The first-order chi connectivity index (χ1) is 8.72. The van der Waals surface area contributed by atoms with Crippen molar-refractivity contribution in [1.82, 2.24) is 0 Å². The maximum absolute atomic E-state index is 13.2. The Morgan fingerprint density at radius 1 is 1.21 bits per heavy atom. The van der Waals surface area contributed by atoms with Crippen LogP contribution in [0.25, 0.3) is 0 Å². The first kappa shape index (κ1) is 14.3. The van der Waals surface area contributed by atoms with E-state index in [-0.39, 0.29) is 25.7 Å². The summed E-state index contributed by atoms with van der Waals surface area (Å²) in [4.78, 5) is 0. The van der Waals surface area contributed by atoms with Gasteiger partial charge >= 0.3 is 6.18 Å². The fourth-order valence-corrected chi connectivity index (χ4v) is 2.79. The largest absolute Gasteiger partial charge is 0.391 e. The molecular formula is C14H16F4O. The molecule has 0 saturated heterocycles. The molecule has 0 radical (unpaired) electrons. The maximum atomic E-state index is 13.2. The summed E-state index contributed by atoms with van der Waals surface area (Å²) in [7, 11) is 0. The predicted octanol–water partition coefficient (Wildman–Crippen LogP) is 4.07. The molecule has 106 valence electrons. The SMILES string of the molecule is Cc1ccc(F)cc1C1(O)CCC(C(F)(F)F)CC1. The molecule has 0 aromatic heterocycles. The third kappa shape index (κ3) is 2.91. The van der Waals surface area contributed by atoms with Gasteiger partial charge in [-0.15, -0.1) is 0 Å². The Morgan fingerprint density at radius 3 is 2.32 bits per heavy atom. The van der Waals surface area contributed by atoms with Gasteiger partial charge in [-0.2, -0.15) is 13.2 Å². The number of alkyl halides is 3. The van der Waals surface area contributed by atoms with Gasteiger partial charge in [0, 0.05) is 0 Å². The topological polar surface area (TPSA) is 20.2 Å². The first-order valence-electron chi connectivity index (χ1n) is 6.28. The molecule has 1 aliphatic carbocycles. The van der Waals surface area contributed by atoms with E-state index in [1.165, 1.54) is 12.1 Å². The molecule has 1 aromatic carbocycles. The number of hydrogen-bond donors (Lipinski definition) is 1. The Bertz CT molecular complexity index is 459. The Kier molecular flexibility index (Phi) is 3.60. The van der Waals surface area contributed by atoms with Crippen molar-refractivity contribution >= 4 is 0 Å². The zero-order valence-electron chi connectivity index (χ0n) is 10.6. The summed E-state index contributed by atoms with van der Waals surface area (Å²) in [5.74, 6) is -1.84. The molecule has 1 aromatic rings. The molecule has 5 heteroatoms. The molecule has 0 aliphatic heterocycles. The highest BCUT2D eigenvalue weighted by molar-refractivity contribution is 5.32. The van der Waals surface area contributed by atoms with Crippen molar-refractivity contribution in [3.63, 3.8) is 0 Å². The van der Waals surface area contributed by atoms with Crippen LogP contribution in [-0.2, 0) is 5.60 Å². The molecule has 1 saturated carbocycles. The summed E-state index contributed by atoms with van der Waals surface area (Å²) in [6, 6.07) is 4.05. The smallest absolute Gasteiger partial charge is 0.385 e. The molecule has 0 amide bonds. The van der Waals surface area contributed by atoms with E-state index in [9.17, 15) is 22.7 Å². The van der Waals surface area contributed by atoms with Crippen LogP contribution in [0.4, 0.5) is 17.6 Å². The lowest BCUT2D eigenvalue weighted by Gasteiger charge is -2.37. The van der Waals surface area contributed by atoms with E-state index in [0.717, 1.165) is 0 Å². The van der Waals surface area contributed by atoms with Crippen molar-refractivity contribution in [1.29, 1.82) is 0 Å². The van der Waals surface area contributed by atoms with Crippen molar-refractivity contribution in [3.05, 3.63) is 35.1 Å². The van der Waals surface area contributed by atoms with E-state index >= 15 is 0 Å². The van der Waals surface area contributed by atoms with E-state index in [0.29, 0.717) is 11.1 Å². The Balaban J connectivity index is 2.20. The van der Waals surface area contributed by atoms with E-state index in [4.69, 9.17) is 0 Å². The van der Waals surface area contributed by atoms with Crippen LogP contribution in [0.2, 0.25) is 0 Å². The fourth-order valence-electron chi connectivity index (χ4n) is 2.79. The van der Waals surface area contributed by atoms with Crippen molar-refractivity contribution in [3.8, 4) is 0 Å². The normalized spacial score (nSPS) is 28.4. The minimum absolute atomic E-state index is 0.0153. The fraction of sp³-hybridized carbons (Fsp3) is 0.571. The minimum Gasteiger partial charge on any atom is -0.385 e. The second kappa shape index (κ2) is 4.78. The van der Waals surface area contributed by atoms with Gasteiger partial charge in [0.05, 0.1) is 11.5 Å². The third-order valence-electron chi connectivity index (χ3n) is 3.98. The predicted molar refractivity (Wildman–Crippen MR) is 63.0 cm³/mol. The van der Waals surface area contributed by atoms with Crippen molar-refractivity contribution < 1.29 is 22.7 Å². The van der Waals surface area contributed by atoms with E-state index in [2.05, 4.69) is 0 Å². The summed E-state index contributed by atoms with van der Waals surface area (Å²) < 4.78 is 51.0. The molecule has 0 heterocycles. The average Bonchev–Trinajstić information content (AvgIpc) is 2.31. The van der Waals surface area contributed by atoms with Crippen LogP contribution in [0, 0.1) is 18.7 Å². The quantitative estimate of drug-likeness (QED) is 0.766. The minimum atomic E-state index is -4.21. The van der Waals surface area contributed by atoms with Gasteiger partial charge in [0.15, 0.2) is 0 Å². The second-order valence-electron chi connectivity index (χ2n) is 5.31. The molecule has 2 rings (SSSR count). The Hall–Kier alpha value is -1.10. The molecule has 19 heavy (non-hydrogen) atoms. The highest BCUT2D eigenvalue weighted by Gasteiger charge is 2.46. The summed E-state index contributed by atoms with van der Waals surface area (Å²) in [6.45, 7) is 1.72. The zero-order chi connectivity index (χ0) is 14.3. The third-order valence-corrected chi connectivity index (χ3v) is 3.98. The van der Waals surface area contributed by atoms with Crippen molar-refractivity contribution in [2.75, 3.05) is 0 Å². The molecule has 1 nitrogen and oxygen atoms in total. The van der Waals surface area contributed by atoms with Gasteiger partial charge in [-0.25, -0.2) is 4.39 Å². The monoisotopic (exact) mass is 276 g/mol. The summed E-state index contributed by atoms with van der Waals surface area (Å²) in [5.41, 5.74) is -0.226. The van der Waals surface area contributed by atoms with Crippen LogP contribution in [0.3, 0.4) is 0 Å². The van der Waals surface area contributed by atoms with Gasteiger partial charge in [0.1, 0.15) is 5.82 Å². The van der Waals surface area contributed by atoms with Crippen LogP contribution in [-0.4, -0.2) is 11.3 Å². The lowest BCUT2D eigenvalue weighted by atomic mass is 9.74. The van der Waals surface area contributed by atoms with Crippen LogP contribution in [0.1, 0.15) is 36.8 Å². The van der Waals surface area contributed by atoms with Gasteiger partial charge in [-0.3, -0.25) is 0 Å². The highest BCUT2D eigenvalue weighted by Crippen LogP contribution is 2.45. The lowest BCUT2D eigenvalue weighted by molar-refractivity contribution is -0.193. The van der Waals surface area contributed by atoms with Gasteiger partial charge in [0.2, 0.25) is 0 Å². The number of aliphatic hydroxyl groups is 1. The summed E-state index contributed by atoms with van der Waals surface area (Å²) in [5, 5.41) is 10.5. The molecule has 0 atom stereocenters. The molecular weight excluding hydrogens is 260 g/mol. The number of hydrogen-bond acceptors (Lipinski definition) is 1. The van der Waals surface area contributed by atoms with Gasteiger partial charge < -0.3 is 5.11 Å². The number of halogens is 4. The van der Waals surface area contributed by atoms with E-state index < -0.39 is 23.5 Å². The average molecular weight is 276 g/mol. The van der Waals surface area contributed by atoms with Crippen LogP contribution in [0.15, 0.2) is 18.2 Å². The molecule has 0 spiro atoms. The molecule has 1 N–H and O–H groups in total. The number of rotatable bonds is 1. The Morgan fingerprint density at radius 2 is 1.79 bits per heavy atom. The Labute approximate surface area is 109 Å². The van der Waals surface area contributed by atoms with Crippen LogP contribution >= 0.6 is 0 Å². The van der Waals surface area contributed by atoms with Gasteiger partial charge in [0.25, 0.3) is 0 Å². The number of aryl methyl sites for hydroxylation is 1. The number of benzene rings is 1. The molecule has 1 aliphatic rings. The zero-order valence-corrected chi connectivity index (χ0v) is 10.6. The summed E-state index contributed by atoms with van der Waals surface area (Å²) >= 11 is 0. The summed E-state index contributed by atoms with van der Waals surface area (Å²) in [6.07, 6.45) is -4.41. The standard InChI is InChI=1S/C14H16F4O/c1-9-2-3-11(15)8-12(9)13(19)6-4-10(5-7-13)14(16,17)18/h2-3,8,10,19H,4-7H2,1H3. The van der Waals surface area contributed by atoms with Gasteiger partial charge in [-0.1, -0.05) is 6.07 Å². The van der Waals surface area contributed by atoms with E-state index in [1.54, 1.807) is 13.0 Å². The van der Waals surface area contributed by atoms with Crippen LogP contribution in [0.5, 0.6) is 0 Å². The maximum Gasteiger partial charge on any atom is 0.391 e. The highest BCUT2D eigenvalue weighted by atomic mass is 19.4. The molecule has 0 bridgehead atoms. The van der Waals surface area contributed by atoms with Crippen molar-refractivity contribution in [2.45, 2.75) is 44.4 Å². The molecule has 1 fully saturated rings. The second-order valence-corrected chi connectivity index (χ2v) is 5.31. The first-order valence-corrected chi connectivity index (χ1v) is 6.28. The van der Waals surface area contributed by atoms with Crippen LogP contribution < -0.4 is 0 Å². The van der Waals surface area contributed by atoms with E-state index in [1.807, 2.05) is 0 Å². The van der Waals surface area contributed by atoms with Crippen molar-refractivity contribution in [2.24, 2.45) is 5.92 Å². The lowest BCUT2D eigenvalue weighted by Crippen LogP contribution is -2.36. The van der Waals surface area contributed by atoms with Gasteiger partial charge in [-0.05, 0) is 55.9 Å².